The fraction of sp³-hybridized carbons (Fsp3) is 0.267. The van der Waals surface area contributed by atoms with E-state index in [-0.39, 0.29) is 11.9 Å². The van der Waals surface area contributed by atoms with Gasteiger partial charge in [-0.15, -0.1) is 0 Å². The Labute approximate surface area is 149 Å². The van der Waals surface area contributed by atoms with Crippen molar-refractivity contribution in [2.24, 2.45) is 0 Å². The average Bonchev–Trinajstić information content (AvgIpc) is 3.35. The zero-order valence-electron chi connectivity index (χ0n) is 13.5. The first-order valence-corrected chi connectivity index (χ1v) is 11.1. The molecule has 1 aliphatic rings. The van der Waals surface area contributed by atoms with Gasteiger partial charge < -0.3 is 29.6 Å². The zero-order chi connectivity index (χ0) is 18.9. The Morgan fingerprint density at radius 3 is 2.15 bits per heavy atom. The van der Waals surface area contributed by atoms with Gasteiger partial charge in [0.2, 0.25) is 5.52 Å². The van der Waals surface area contributed by atoms with Gasteiger partial charge >= 0.3 is 15.2 Å². The maximum absolute atomic E-state index is 11.4. The van der Waals surface area contributed by atoms with Crippen molar-refractivity contribution in [3.05, 3.63) is 42.6 Å². The van der Waals surface area contributed by atoms with Gasteiger partial charge in [0.15, 0.2) is 0 Å². The van der Waals surface area contributed by atoms with E-state index in [4.69, 9.17) is 4.74 Å². The Kier molecular flexibility index (Phi) is 5.21. The summed E-state index contributed by atoms with van der Waals surface area (Å²) >= 11 is 0. The van der Waals surface area contributed by atoms with E-state index in [9.17, 15) is 28.7 Å². The molecule has 0 saturated heterocycles. The van der Waals surface area contributed by atoms with Crippen LogP contribution in [0.2, 0.25) is 0 Å². The van der Waals surface area contributed by atoms with E-state index < -0.39 is 20.7 Å². The summed E-state index contributed by atoms with van der Waals surface area (Å²) in [4.78, 5) is 40.6. The van der Waals surface area contributed by atoms with Gasteiger partial charge in [-0.1, -0.05) is 12.1 Å². The van der Waals surface area contributed by atoms with Gasteiger partial charge in [-0.25, -0.2) is 4.98 Å². The van der Waals surface area contributed by atoms with E-state index in [0.29, 0.717) is 5.56 Å². The monoisotopic (exact) mass is 400 g/mol. The molecule has 3 rings (SSSR count). The van der Waals surface area contributed by atoms with Crippen LogP contribution in [0.3, 0.4) is 0 Å². The highest BCUT2D eigenvalue weighted by molar-refractivity contribution is 7.71. The van der Waals surface area contributed by atoms with Crippen LogP contribution < -0.4 is 10.1 Å². The summed E-state index contributed by atoms with van der Waals surface area (Å²) in [6.45, 7) is 0. The molecule has 11 heteroatoms. The average molecular weight is 400 g/mol. The maximum Gasteiger partial charge on any atom is 0.360 e. The lowest BCUT2D eigenvalue weighted by Gasteiger charge is -2.21. The van der Waals surface area contributed by atoms with E-state index in [0.717, 1.165) is 24.2 Å². The predicted octanol–water partition coefficient (Wildman–Crippen LogP) is 2.34. The van der Waals surface area contributed by atoms with Crippen molar-refractivity contribution in [1.29, 1.82) is 0 Å². The largest absolute Gasteiger partial charge is 0.490 e. The third-order valence-corrected chi connectivity index (χ3v) is 7.03. The number of hydrogen-bond donors (Lipinski definition) is 5. The molecule has 0 atom stereocenters. The molecule has 0 spiro atoms. The van der Waals surface area contributed by atoms with Gasteiger partial charge in [-0.3, -0.25) is 9.13 Å². The normalized spacial score (nSPS) is 15.1. The molecule has 2 aromatic rings. The molecule has 0 amide bonds. The van der Waals surface area contributed by atoms with E-state index in [1.165, 1.54) is 12.3 Å². The summed E-state index contributed by atoms with van der Waals surface area (Å²) in [5.74, 6) is 0.698. The molecular formula is C15H18N2O7P2. The second-order valence-corrected chi connectivity index (χ2v) is 9.76. The van der Waals surface area contributed by atoms with Crippen molar-refractivity contribution >= 4 is 21.0 Å². The summed E-state index contributed by atoms with van der Waals surface area (Å²) in [5.41, 5.74) is -0.898. The van der Waals surface area contributed by atoms with E-state index in [2.05, 4.69) is 10.3 Å². The lowest BCUT2D eigenvalue weighted by atomic mass is 10.1. The molecule has 0 bridgehead atoms. The van der Waals surface area contributed by atoms with Gasteiger partial charge in [-0.2, -0.15) is 0 Å². The van der Waals surface area contributed by atoms with E-state index in [1.54, 1.807) is 6.07 Å². The van der Waals surface area contributed by atoms with Gasteiger partial charge in [0.25, 0.3) is 0 Å². The first-order valence-electron chi connectivity index (χ1n) is 7.73. The fourth-order valence-electron chi connectivity index (χ4n) is 2.29. The fourth-order valence-corrected chi connectivity index (χ4v) is 4.46. The standard InChI is InChI=1S/C15H18N2O7P2/c18-25(19,20)15(26(21,22)23)17-14-9-11(7-8-16-14)10-1-3-12(4-2-10)24-13-5-6-13/h1-4,7-9,13,15H,5-6H2,(H,16,17)(H2,18,19,20)(H2,21,22,23). The molecule has 1 aromatic carbocycles. The van der Waals surface area contributed by atoms with Crippen LogP contribution in [-0.4, -0.2) is 36.2 Å². The van der Waals surface area contributed by atoms with Crippen LogP contribution in [0.4, 0.5) is 5.82 Å². The molecule has 0 radical (unpaired) electrons. The molecule has 0 unspecified atom stereocenters. The van der Waals surface area contributed by atoms with Crippen LogP contribution in [-0.2, 0) is 9.13 Å². The number of benzene rings is 1. The topological polar surface area (TPSA) is 149 Å². The van der Waals surface area contributed by atoms with Crippen LogP contribution in [0.5, 0.6) is 5.75 Å². The van der Waals surface area contributed by atoms with Crippen LogP contribution in [0.25, 0.3) is 11.1 Å². The van der Waals surface area contributed by atoms with Crippen LogP contribution in [0, 0.1) is 0 Å². The van der Waals surface area contributed by atoms with E-state index >= 15 is 0 Å². The molecule has 1 heterocycles. The number of rotatable bonds is 7. The summed E-state index contributed by atoms with van der Waals surface area (Å²) in [6.07, 6.45) is 3.78. The summed E-state index contributed by atoms with van der Waals surface area (Å²) < 4.78 is 28.4. The highest BCUT2D eigenvalue weighted by atomic mass is 31.2. The van der Waals surface area contributed by atoms with Crippen LogP contribution in [0.15, 0.2) is 42.6 Å². The molecule has 1 fully saturated rings. The molecule has 0 aliphatic heterocycles. The molecule has 140 valence electrons. The molecule has 1 aromatic heterocycles. The minimum atomic E-state index is -5.09. The number of pyridine rings is 1. The molecule has 1 aliphatic carbocycles. The van der Waals surface area contributed by atoms with Gasteiger partial charge in [0, 0.05) is 6.20 Å². The molecular weight excluding hydrogens is 382 g/mol. The first-order chi connectivity index (χ1) is 12.1. The number of aromatic nitrogens is 1. The number of anilines is 1. The number of ether oxygens (including phenoxy) is 1. The minimum Gasteiger partial charge on any atom is -0.490 e. The highest BCUT2D eigenvalue weighted by Gasteiger charge is 2.43. The number of nitrogens with zero attached hydrogens (tertiary/aromatic N) is 1. The Morgan fingerprint density at radius 2 is 1.62 bits per heavy atom. The van der Waals surface area contributed by atoms with Gasteiger partial charge in [0.05, 0.1) is 6.10 Å². The minimum absolute atomic E-state index is 0.0579. The Morgan fingerprint density at radius 1 is 1.00 bits per heavy atom. The quantitative estimate of drug-likeness (QED) is 0.441. The van der Waals surface area contributed by atoms with Crippen LogP contribution in [0.1, 0.15) is 12.8 Å². The second-order valence-electron chi connectivity index (χ2n) is 5.97. The Hall–Kier alpha value is -1.73. The zero-order valence-corrected chi connectivity index (χ0v) is 15.3. The molecule has 5 N–H and O–H groups in total. The Bertz CT molecular complexity index is 852. The molecule has 26 heavy (non-hydrogen) atoms. The molecule has 9 nitrogen and oxygen atoms in total. The van der Waals surface area contributed by atoms with E-state index in [1.807, 2.05) is 24.3 Å². The van der Waals surface area contributed by atoms with Crippen molar-refractivity contribution in [2.75, 3.05) is 5.32 Å². The van der Waals surface area contributed by atoms with Crippen molar-refractivity contribution in [2.45, 2.75) is 24.5 Å². The predicted molar refractivity (Wildman–Crippen MR) is 94.8 cm³/mol. The summed E-state index contributed by atoms with van der Waals surface area (Å²) in [5, 5.41) is 2.15. The third kappa shape index (κ3) is 4.92. The van der Waals surface area contributed by atoms with Crippen LogP contribution >= 0.6 is 15.2 Å². The molecule has 1 saturated carbocycles. The SMILES string of the molecule is O=P(O)(O)C(Nc1cc(-c2ccc(OC3CC3)cc2)ccn1)P(=O)(O)O. The first kappa shape index (κ1) is 19.0. The van der Waals surface area contributed by atoms with Crippen molar-refractivity contribution in [3.8, 4) is 16.9 Å². The summed E-state index contributed by atoms with van der Waals surface area (Å²) in [7, 11) is -10.2. The maximum atomic E-state index is 11.4. The second kappa shape index (κ2) is 7.12. The Balaban J connectivity index is 1.81. The van der Waals surface area contributed by atoms with Gasteiger partial charge in [0.1, 0.15) is 11.6 Å². The lowest BCUT2D eigenvalue weighted by molar-refractivity contribution is 0.303. The lowest BCUT2D eigenvalue weighted by Crippen LogP contribution is -2.20. The smallest absolute Gasteiger partial charge is 0.360 e. The number of nitrogens with one attached hydrogen (secondary N) is 1. The van der Waals surface area contributed by atoms with Crippen molar-refractivity contribution in [3.63, 3.8) is 0 Å². The third-order valence-electron chi connectivity index (χ3n) is 3.69. The van der Waals surface area contributed by atoms with Crippen molar-refractivity contribution < 1.29 is 33.4 Å². The number of hydrogen-bond acceptors (Lipinski definition) is 5. The van der Waals surface area contributed by atoms with Gasteiger partial charge in [-0.05, 0) is 48.2 Å². The van der Waals surface area contributed by atoms with Crippen molar-refractivity contribution in [1.82, 2.24) is 4.98 Å². The highest BCUT2D eigenvalue weighted by Crippen LogP contribution is 2.59. The summed E-state index contributed by atoms with van der Waals surface area (Å²) in [6, 6.07) is 10.4.